The summed E-state index contributed by atoms with van der Waals surface area (Å²) in [5.41, 5.74) is 5.64. The van der Waals surface area contributed by atoms with Gasteiger partial charge in [-0.2, -0.15) is 13.2 Å². The van der Waals surface area contributed by atoms with E-state index in [1.807, 2.05) is 0 Å². The summed E-state index contributed by atoms with van der Waals surface area (Å²) in [6, 6.07) is 6.53. The molecule has 0 radical (unpaired) electrons. The van der Waals surface area contributed by atoms with Crippen LogP contribution in [-0.4, -0.2) is 9.97 Å². The number of alkyl halides is 3. The number of hydrogen-bond donors (Lipinski definition) is 2. The first kappa shape index (κ1) is 15.0. The van der Waals surface area contributed by atoms with Gasteiger partial charge in [-0.25, -0.2) is 14.4 Å². The van der Waals surface area contributed by atoms with Crippen LogP contribution >= 0.6 is 0 Å². The molecule has 21 heavy (non-hydrogen) atoms. The fourth-order valence-corrected chi connectivity index (χ4v) is 1.79. The molecule has 0 amide bonds. The van der Waals surface area contributed by atoms with Gasteiger partial charge in [0.1, 0.15) is 17.5 Å². The summed E-state index contributed by atoms with van der Waals surface area (Å²) >= 11 is 0. The molecule has 1 heterocycles. The van der Waals surface area contributed by atoms with Crippen molar-refractivity contribution in [1.29, 1.82) is 0 Å². The predicted octanol–water partition coefficient (Wildman–Crippen LogP) is 3.39. The fraction of sp³-hybridized carbons (Fsp3) is 0.231. The maximum Gasteiger partial charge on any atom is 0.451 e. The number of benzene rings is 1. The second-order valence-electron chi connectivity index (χ2n) is 4.39. The van der Waals surface area contributed by atoms with Gasteiger partial charge >= 0.3 is 6.18 Å². The molecule has 0 fully saturated rings. The van der Waals surface area contributed by atoms with Crippen LogP contribution in [0.2, 0.25) is 0 Å². The van der Waals surface area contributed by atoms with Crippen molar-refractivity contribution in [2.45, 2.75) is 19.1 Å². The Morgan fingerprint density at radius 2 is 1.86 bits per heavy atom. The lowest BCUT2D eigenvalue weighted by Crippen LogP contribution is -2.16. The highest BCUT2D eigenvalue weighted by Gasteiger charge is 2.35. The second-order valence-corrected chi connectivity index (χ2v) is 4.39. The highest BCUT2D eigenvalue weighted by molar-refractivity contribution is 5.46. The maximum atomic E-state index is 13.6. The normalized spacial score (nSPS) is 13.0. The SMILES string of the molecule is CC(Nc1cc(N)nc(C(F)(F)F)n1)c1ccccc1F. The highest BCUT2D eigenvalue weighted by atomic mass is 19.4. The average Bonchev–Trinajstić information content (AvgIpc) is 2.37. The van der Waals surface area contributed by atoms with Gasteiger partial charge in [0.25, 0.3) is 0 Å². The summed E-state index contributed by atoms with van der Waals surface area (Å²) < 4.78 is 51.4. The van der Waals surface area contributed by atoms with E-state index in [-0.39, 0.29) is 11.6 Å². The fourth-order valence-electron chi connectivity index (χ4n) is 1.79. The lowest BCUT2D eigenvalue weighted by Gasteiger charge is -2.16. The van der Waals surface area contributed by atoms with Crippen molar-refractivity contribution in [3.05, 3.63) is 47.5 Å². The molecule has 0 bridgehead atoms. The Hall–Kier alpha value is -2.38. The van der Waals surface area contributed by atoms with Gasteiger partial charge in [0, 0.05) is 11.6 Å². The zero-order valence-electron chi connectivity index (χ0n) is 10.9. The van der Waals surface area contributed by atoms with Crippen LogP contribution in [0.25, 0.3) is 0 Å². The molecular weight excluding hydrogens is 288 g/mol. The number of nitrogen functional groups attached to an aromatic ring is 1. The van der Waals surface area contributed by atoms with Crippen LogP contribution in [0.15, 0.2) is 30.3 Å². The largest absolute Gasteiger partial charge is 0.451 e. The Kier molecular flexibility index (Phi) is 3.97. The molecule has 0 saturated carbocycles. The number of aromatic nitrogens is 2. The molecule has 112 valence electrons. The molecular formula is C13H12F4N4. The number of nitrogens with zero attached hydrogens (tertiary/aromatic N) is 2. The van der Waals surface area contributed by atoms with Crippen molar-refractivity contribution in [3.8, 4) is 0 Å². The van der Waals surface area contributed by atoms with E-state index in [1.54, 1.807) is 13.0 Å². The number of hydrogen-bond acceptors (Lipinski definition) is 4. The van der Waals surface area contributed by atoms with Gasteiger partial charge in [0.05, 0.1) is 6.04 Å². The van der Waals surface area contributed by atoms with E-state index in [4.69, 9.17) is 5.73 Å². The quantitative estimate of drug-likeness (QED) is 0.853. The van der Waals surface area contributed by atoms with Crippen molar-refractivity contribution in [1.82, 2.24) is 9.97 Å². The minimum Gasteiger partial charge on any atom is -0.384 e. The van der Waals surface area contributed by atoms with Crippen LogP contribution in [0.3, 0.4) is 0 Å². The number of halogens is 4. The van der Waals surface area contributed by atoms with Crippen molar-refractivity contribution in [2.24, 2.45) is 0 Å². The van der Waals surface area contributed by atoms with Crippen molar-refractivity contribution < 1.29 is 17.6 Å². The summed E-state index contributed by atoms with van der Waals surface area (Å²) in [5.74, 6) is -2.24. The van der Waals surface area contributed by atoms with Crippen LogP contribution in [0.1, 0.15) is 24.4 Å². The maximum absolute atomic E-state index is 13.6. The second kappa shape index (κ2) is 5.55. The van der Waals surface area contributed by atoms with E-state index in [9.17, 15) is 17.6 Å². The first-order valence-corrected chi connectivity index (χ1v) is 6.00. The van der Waals surface area contributed by atoms with Crippen LogP contribution in [0.4, 0.5) is 29.2 Å². The minimum atomic E-state index is -4.70. The molecule has 0 aliphatic heterocycles. The molecule has 2 aromatic rings. The van der Waals surface area contributed by atoms with E-state index in [2.05, 4.69) is 15.3 Å². The molecule has 0 spiro atoms. The predicted molar refractivity (Wildman–Crippen MR) is 69.9 cm³/mol. The number of nitrogens with one attached hydrogen (secondary N) is 1. The van der Waals surface area contributed by atoms with Gasteiger partial charge in [-0.3, -0.25) is 0 Å². The Morgan fingerprint density at radius 3 is 2.48 bits per heavy atom. The van der Waals surface area contributed by atoms with E-state index in [0.29, 0.717) is 5.56 Å². The smallest absolute Gasteiger partial charge is 0.384 e. The van der Waals surface area contributed by atoms with Crippen molar-refractivity contribution in [3.63, 3.8) is 0 Å². The van der Waals surface area contributed by atoms with E-state index >= 15 is 0 Å². The third-order valence-corrected chi connectivity index (χ3v) is 2.74. The van der Waals surface area contributed by atoms with Crippen LogP contribution in [-0.2, 0) is 6.18 Å². The first-order chi connectivity index (χ1) is 9.77. The molecule has 0 aliphatic rings. The monoisotopic (exact) mass is 300 g/mol. The average molecular weight is 300 g/mol. The molecule has 3 N–H and O–H groups in total. The molecule has 2 rings (SSSR count). The number of anilines is 2. The van der Waals surface area contributed by atoms with E-state index < -0.39 is 23.9 Å². The summed E-state index contributed by atoms with van der Waals surface area (Å²) in [6.07, 6.45) is -4.70. The summed E-state index contributed by atoms with van der Waals surface area (Å²) in [7, 11) is 0. The van der Waals surface area contributed by atoms with E-state index in [1.165, 1.54) is 18.2 Å². The topological polar surface area (TPSA) is 63.8 Å². The molecule has 1 unspecified atom stereocenters. The molecule has 1 aromatic heterocycles. The highest BCUT2D eigenvalue weighted by Crippen LogP contribution is 2.29. The first-order valence-electron chi connectivity index (χ1n) is 6.00. The molecule has 1 aromatic carbocycles. The number of nitrogens with two attached hydrogens (primary N) is 1. The van der Waals surface area contributed by atoms with E-state index in [0.717, 1.165) is 6.07 Å². The Labute approximate surface area is 118 Å². The molecule has 1 atom stereocenters. The summed E-state index contributed by atoms with van der Waals surface area (Å²) in [5, 5.41) is 2.68. The van der Waals surface area contributed by atoms with Crippen LogP contribution < -0.4 is 11.1 Å². The van der Waals surface area contributed by atoms with Crippen LogP contribution in [0.5, 0.6) is 0 Å². The minimum absolute atomic E-state index is 0.120. The van der Waals surface area contributed by atoms with Crippen molar-refractivity contribution in [2.75, 3.05) is 11.1 Å². The third-order valence-electron chi connectivity index (χ3n) is 2.74. The molecule has 4 nitrogen and oxygen atoms in total. The standard InChI is InChI=1S/C13H12F4N4/c1-7(8-4-2-3-5-9(8)14)19-11-6-10(18)20-12(21-11)13(15,16)17/h2-7H,1H3,(H3,18,19,20,21). The van der Waals surface area contributed by atoms with Gasteiger partial charge in [0.2, 0.25) is 5.82 Å². The third kappa shape index (κ3) is 3.59. The van der Waals surface area contributed by atoms with Gasteiger partial charge in [-0.05, 0) is 13.0 Å². The number of rotatable bonds is 3. The molecule has 0 aliphatic carbocycles. The Bertz CT molecular complexity index is 642. The zero-order chi connectivity index (χ0) is 15.6. The van der Waals surface area contributed by atoms with Crippen molar-refractivity contribution >= 4 is 11.6 Å². The summed E-state index contributed by atoms with van der Waals surface area (Å²) in [6.45, 7) is 1.60. The lowest BCUT2D eigenvalue weighted by atomic mass is 10.1. The van der Waals surface area contributed by atoms with Gasteiger partial charge in [0.15, 0.2) is 0 Å². The zero-order valence-corrected chi connectivity index (χ0v) is 10.9. The summed E-state index contributed by atoms with van der Waals surface area (Å²) in [4.78, 5) is 6.48. The van der Waals surface area contributed by atoms with Crippen LogP contribution in [0, 0.1) is 5.82 Å². The Balaban J connectivity index is 2.28. The van der Waals surface area contributed by atoms with Gasteiger partial charge in [-0.1, -0.05) is 18.2 Å². The van der Waals surface area contributed by atoms with Gasteiger partial charge < -0.3 is 11.1 Å². The molecule has 8 heteroatoms. The Morgan fingerprint density at radius 1 is 1.19 bits per heavy atom. The van der Waals surface area contributed by atoms with Gasteiger partial charge in [-0.15, -0.1) is 0 Å². The lowest BCUT2D eigenvalue weighted by molar-refractivity contribution is -0.144. The molecule has 0 saturated heterocycles.